The molecule has 104 valence electrons. The quantitative estimate of drug-likeness (QED) is 0.458. The molecule has 0 spiro atoms. The van der Waals surface area contributed by atoms with Gasteiger partial charge in [0.05, 0.1) is 12.2 Å². The Kier molecular flexibility index (Phi) is 4.68. The van der Waals surface area contributed by atoms with Gasteiger partial charge in [-0.15, -0.1) is 0 Å². The number of furan rings is 1. The lowest BCUT2D eigenvalue weighted by Crippen LogP contribution is -2.16. The third-order valence-electron chi connectivity index (χ3n) is 2.89. The van der Waals surface area contributed by atoms with Gasteiger partial charge in [-0.3, -0.25) is 14.9 Å². The first kappa shape index (κ1) is 14.5. The molecule has 0 unspecified atom stereocenters. The van der Waals surface area contributed by atoms with Crippen molar-refractivity contribution in [2.24, 2.45) is 0 Å². The maximum absolute atomic E-state index is 12.2. The second kappa shape index (κ2) is 6.47. The summed E-state index contributed by atoms with van der Waals surface area (Å²) in [5.74, 6) is -0.230. The number of rotatable bonds is 6. The number of nitro groups is 1. The van der Waals surface area contributed by atoms with Crippen LogP contribution >= 0.6 is 15.9 Å². The van der Waals surface area contributed by atoms with Crippen LogP contribution in [-0.4, -0.2) is 17.3 Å². The van der Waals surface area contributed by atoms with Crippen LogP contribution in [0.3, 0.4) is 0 Å². The lowest BCUT2D eigenvalue weighted by Gasteiger charge is -2.09. The Bertz CT molecular complexity index is 609. The van der Waals surface area contributed by atoms with Gasteiger partial charge in [-0.2, -0.15) is 0 Å². The lowest BCUT2D eigenvalue weighted by molar-refractivity contribution is -0.483. The van der Waals surface area contributed by atoms with Crippen LogP contribution in [0.5, 0.6) is 0 Å². The largest absolute Gasteiger partial charge is 0.469 e. The van der Waals surface area contributed by atoms with Crippen molar-refractivity contribution in [3.8, 4) is 0 Å². The Hall–Kier alpha value is -1.95. The van der Waals surface area contributed by atoms with E-state index in [-0.39, 0.29) is 18.7 Å². The van der Waals surface area contributed by atoms with Crippen molar-refractivity contribution in [1.29, 1.82) is 0 Å². The number of carbonyl (C=O) groups excluding carboxylic acids is 1. The second-order valence-corrected chi connectivity index (χ2v) is 5.28. The molecule has 0 aliphatic rings. The summed E-state index contributed by atoms with van der Waals surface area (Å²) in [6, 6.07) is 10.3. The van der Waals surface area contributed by atoms with E-state index in [9.17, 15) is 14.9 Å². The first-order valence-electron chi connectivity index (χ1n) is 6.00. The molecule has 6 heteroatoms. The van der Waals surface area contributed by atoms with Crippen LogP contribution in [0.4, 0.5) is 0 Å². The zero-order valence-electron chi connectivity index (χ0n) is 10.5. The van der Waals surface area contributed by atoms with Crippen molar-refractivity contribution in [1.82, 2.24) is 0 Å². The zero-order valence-corrected chi connectivity index (χ0v) is 12.1. The molecule has 20 heavy (non-hydrogen) atoms. The monoisotopic (exact) mass is 337 g/mol. The van der Waals surface area contributed by atoms with E-state index in [1.54, 1.807) is 30.3 Å². The summed E-state index contributed by atoms with van der Waals surface area (Å²) in [6.45, 7) is -0.326. The van der Waals surface area contributed by atoms with Gasteiger partial charge in [-0.1, -0.05) is 28.1 Å². The highest BCUT2D eigenvalue weighted by Crippen LogP contribution is 2.23. The smallest absolute Gasteiger partial charge is 0.214 e. The Balaban J connectivity index is 2.15. The number of benzene rings is 1. The SMILES string of the molecule is O=C(C[C@H](C[N+](=O)[O-])c1ccco1)c1cccc(Br)c1. The van der Waals surface area contributed by atoms with Crippen molar-refractivity contribution in [2.75, 3.05) is 6.54 Å². The molecular weight excluding hydrogens is 326 g/mol. The summed E-state index contributed by atoms with van der Waals surface area (Å²) < 4.78 is 5.99. The van der Waals surface area contributed by atoms with Gasteiger partial charge >= 0.3 is 0 Å². The first-order chi connectivity index (χ1) is 9.56. The fourth-order valence-electron chi connectivity index (χ4n) is 1.96. The van der Waals surface area contributed by atoms with Crippen molar-refractivity contribution < 1.29 is 14.1 Å². The number of Topliss-reactive ketones (excluding diaryl/α,β-unsaturated/α-hetero) is 1. The van der Waals surface area contributed by atoms with E-state index in [0.29, 0.717) is 11.3 Å². The van der Waals surface area contributed by atoms with Crippen LogP contribution in [0.15, 0.2) is 51.6 Å². The average Bonchev–Trinajstić information content (AvgIpc) is 2.91. The van der Waals surface area contributed by atoms with E-state index in [0.717, 1.165) is 4.47 Å². The summed E-state index contributed by atoms with van der Waals surface area (Å²) in [4.78, 5) is 22.5. The number of hydrogen-bond acceptors (Lipinski definition) is 4. The summed E-state index contributed by atoms with van der Waals surface area (Å²) >= 11 is 3.30. The Morgan fingerprint density at radius 2 is 2.15 bits per heavy atom. The first-order valence-corrected chi connectivity index (χ1v) is 6.79. The summed E-state index contributed by atoms with van der Waals surface area (Å²) in [7, 11) is 0. The average molecular weight is 338 g/mol. The number of ketones is 1. The van der Waals surface area contributed by atoms with Gasteiger partial charge in [-0.25, -0.2) is 0 Å². The maximum Gasteiger partial charge on any atom is 0.214 e. The molecule has 5 nitrogen and oxygen atoms in total. The summed E-state index contributed by atoms with van der Waals surface area (Å²) in [5.41, 5.74) is 0.527. The van der Waals surface area contributed by atoms with E-state index >= 15 is 0 Å². The van der Waals surface area contributed by atoms with Gasteiger partial charge in [0.2, 0.25) is 6.54 Å². The summed E-state index contributed by atoms with van der Waals surface area (Å²) in [5, 5.41) is 10.7. The molecule has 2 rings (SSSR count). The fraction of sp³-hybridized carbons (Fsp3) is 0.214. The molecule has 0 N–H and O–H groups in total. The minimum Gasteiger partial charge on any atom is -0.469 e. The van der Waals surface area contributed by atoms with E-state index in [2.05, 4.69) is 15.9 Å². The molecule has 0 aliphatic heterocycles. The minimum absolute atomic E-state index is 0.0466. The van der Waals surface area contributed by atoms with Crippen LogP contribution in [0.1, 0.15) is 28.5 Å². The van der Waals surface area contributed by atoms with Crippen LogP contribution in [0.25, 0.3) is 0 Å². The van der Waals surface area contributed by atoms with Gasteiger partial charge < -0.3 is 4.42 Å². The number of halogens is 1. The lowest BCUT2D eigenvalue weighted by atomic mass is 9.96. The molecule has 0 fully saturated rings. The number of hydrogen-bond donors (Lipinski definition) is 0. The molecule has 0 bridgehead atoms. The predicted octanol–water partition coefficient (Wildman–Crippen LogP) is 3.68. The minimum atomic E-state index is -0.550. The zero-order chi connectivity index (χ0) is 14.5. The molecule has 2 aromatic rings. The molecular formula is C14H12BrNO4. The molecule has 1 atom stereocenters. The van der Waals surface area contributed by atoms with Crippen molar-refractivity contribution in [2.45, 2.75) is 12.3 Å². The number of carbonyl (C=O) groups is 1. The van der Waals surface area contributed by atoms with Crippen molar-refractivity contribution in [3.05, 3.63) is 68.6 Å². The molecule has 0 saturated heterocycles. The second-order valence-electron chi connectivity index (χ2n) is 4.37. The van der Waals surface area contributed by atoms with E-state index < -0.39 is 10.8 Å². The van der Waals surface area contributed by atoms with Crippen LogP contribution in [0.2, 0.25) is 0 Å². The molecule has 0 amide bonds. The van der Waals surface area contributed by atoms with Crippen molar-refractivity contribution in [3.63, 3.8) is 0 Å². The highest BCUT2D eigenvalue weighted by molar-refractivity contribution is 9.10. The summed E-state index contributed by atoms with van der Waals surface area (Å²) in [6.07, 6.45) is 1.50. The maximum atomic E-state index is 12.2. The van der Waals surface area contributed by atoms with Crippen LogP contribution in [0, 0.1) is 10.1 Å². The Morgan fingerprint density at radius 1 is 1.35 bits per heavy atom. The van der Waals surface area contributed by atoms with E-state index in [1.165, 1.54) is 6.26 Å². The third-order valence-corrected chi connectivity index (χ3v) is 3.39. The number of nitrogens with zero attached hydrogens (tertiary/aromatic N) is 1. The molecule has 1 heterocycles. The molecule has 0 aliphatic carbocycles. The van der Waals surface area contributed by atoms with Crippen LogP contribution in [-0.2, 0) is 0 Å². The standard InChI is InChI=1S/C14H12BrNO4/c15-12-4-1-3-10(7-12)13(17)8-11(9-16(18)19)14-5-2-6-20-14/h1-7,11H,8-9H2/t11-/m1/s1. The van der Waals surface area contributed by atoms with E-state index in [4.69, 9.17) is 4.42 Å². The molecule has 1 aromatic heterocycles. The van der Waals surface area contributed by atoms with E-state index in [1.807, 2.05) is 6.07 Å². The van der Waals surface area contributed by atoms with Gasteiger partial charge in [0.25, 0.3) is 0 Å². The fourth-order valence-corrected chi connectivity index (χ4v) is 2.36. The molecule has 0 radical (unpaired) electrons. The van der Waals surface area contributed by atoms with Crippen LogP contribution < -0.4 is 0 Å². The highest BCUT2D eigenvalue weighted by atomic mass is 79.9. The Labute approximate surface area is 123 Å². The predicted molar refractivity (Wildman–Crippen MR) is 76.4 cm³/mol. The topological polar surface area (TPSA) is 73.3 Å². The van der Waals surface area contributed by atoms with Crippen molar-refractivity contribution >= 4 is 21.7 Å². The van der Waals surface area contributed by atoms with Gasteiger partial charge in [-0.05, 0) is 24.3 Å². The molecule has 0 saturated carbocycles. The third kappa shape index (κ3) is 3.77. The molecule has 1 aromatic carbocycles. The Morgan fingerprint density at radius 3 is 2.75 bits per heavy atom. The van der Waals surface area contributed by atoms with Gasteiger partial charge in [0.1, 0.15) is 5.76 Å². The van der Waals surface area contributed by atoms with Gasteiger partial charge in [0, 0.05) is 21.4 Å². The highest BCUT2D eigenvalue weighted by Gasteiger charge is 2.24. The normalized spacial score (nSPS) is 12.1. The van der Waals surface area contributed by atoms with Gasteiger partial charge in [0.15, 0.2) is 5.78 Å².